The second-order valence-electron chi connectivity index (χ2n) is 5.39. The van der Waals surface area contributed by atoms with Crippen molar-refractivity contribution in [3.05, 3.63) is 30.1 Å². The van der Waals surface area contributed by atoms with E-state index >= 15 is 0 Å². The van der Waals surface area contributed by atoms with E-state index in [4.69, 9.17) is 5.11 Å². The zero-order chi connectivity index (χ0) is 21.6. The van der Waals surface area contributed by atoms with Crippen molar-refractivity contribution in [3.8, 4) is 5.75 Å². The van der Waals surface area contributed by atoms with Gasteiger partial charge in [0.15, 0.2) is 5.75 Å². The number of azo groups is 1. The number of phenols is 1. The summed E-state index contributed by atoms with van der Waals surface area (Å²) in [6.45, 7) is 0. The Balaban J connectivity index is 0.00000320. The van der Waals surface area contributed by atoms with Crippen molar-refractivity contribution in [3.63, 3.8) is 0 Å². The maximum atomic E-state index is 11.5. The van der Waals surface area contributed by atoms with Gasteiger partial charge in [0.05, 0.1) is 4.90 Å². The number of hydrogen-bond acceptors (Lipinski definition) is 10. The van der Waals surface area contributed by atoms with Gasteiger partial charge in [0, 0.05) is 5.39 Å². The number of nitrogens with one attached hydrogen (secondary N) is 1. The van der Waals surface area contributed by atoms with Gasteiger partial charge in [0.2, 0.25) is 0 Å². The first-order chi connectivity index (χ1) is 13.4. The van der Waals surface area contributed by atoms with E-state index in [1.165, 1.54) is 0 Å². The fourth-order valence-electron chi connectivity index (χ4n) is 2.27. The number of aromatic hydroxyl groups is 1. The molecule has 0 aliphatic heterocycles. The molecule has 154 valence electrons. The molecule has 5 N–H and O–H groups in total. The molecule has 0 fully saturated rings. The van der Waals surface area contributed by atoms with Crippen LogP contribution in [0, 0.1) is 0 Å². The molecule has 0 aliphatic carbocycles. The zero-order valence-electron chi connectivity index (χ0n) is 13.7. The summed E-state index contributed by atoms with van der Waals surface area (Å²) < 4.78 is 64.3. The third kappa shape index (κ3) is 4.81. The molecule has 1 aromatic heterocycles. The molecular formula is C13H10N5NaO9S2. The molecule has 1 heterocycles. The quantitative estimate of drug-likeness (QED) is 0.198. The molecule has 0 amide bonds. The van der Waals surface area contributed by atoms with Gasteiger partial charge in [-0.2, -0.15) is 21.8 Å². The number of carboxylic acid groups (broad SMARTS) is 1. The Kier molecular flexibility index (Phi) is 6.62. The molecule has 0 atom stereocenters. The van der Waals surface area contributed by atoms with Crippen LogP contribution in [0.1, 0.15) is 10.6 Å². The number of nitrogens with zero attached hydrogens (tertiary/aromatic N) is 4. The van der Waals surface area contributed by atoms with Crippen LogP contribution < -0.4 is 0 Å². The first kappa shape index (κ1) is 23.8. The monoisotopic (exact) mass is 467 g/mol. The van der Waals surface area contributed by atoms with Crippen LogP contribution in [0.2, 0.25) is 0 Å². The molecule has 0 saturated carbocycles. The van der Waals surface area contributed by atoms with Gasteiger partial charge < -0.3 is 10.2 Å². The summed E-state index contributed by atoms with van der Waals surface area (Å²) in [5.41, 5.74) is -0.603. The number of benzene rings is 2. The zero-order valence-corrected chi connectivity index (χ0v) is 15.4. The molecule has 17 heteroatoms. The van der Waals surface area contributed by atoms with Crippen LogP contribution in [0.3, 0.4) is 0 Å². The number of aromatic amines is 1. The molecular weight excluding hydrogens is 457 g/mol. The van der Waals surface area contributed by atoms with Crippen LogP contribution >= 0.6 is 0 Å². The predicted molar refractivity (Wildman–Crippen MR) is 99.9 cm³/mol. The van der Waals surface area contributed by atoms with Crippen LogP contribution in [0.4, 0.5) is 11.6 Å². The first-order valence-corrected chi connectivity index (χ1v) is 10.1. The first-order valence-electron chi connectivity index (χ1n) is 7.20. The topological polar surface area (TPSA) is 233 Å². The van der Waals surface area contributed by atoms with E-state index in [9.17, 15) is 35.8 Å². The Bertz CT molecular complexity index is 1400. The minimum atomic E-state index is -4.91. The molecule has 0 unspecified atom stereocenters. The second kappa shape index (κ2) is 8.34. The number of hydrogen-bond donors (Lipinski definition) is 5. The SMILES string of the molecule is O=C(O)c1n[nH]c(N=Nc2c(O)c(S(=O)(=O)O)cc3ccc(S(=O)(=O)O)cc23)n1.[NaH]. The standard InChI is InChI=1S/C13H9N5O9S2.Na.H/c19-10-8(29(25,26)27)3-5-1-2-6(28(22,23)24)4-7(5)9(10)15-17-13-14-11(12(20)21)16-18-13;;/h1-4,19H,(H,20,21)(H,14,16,18)(H,22,23,24)(H,25,26,27);;. The summed E-state index contributed by atoms with van der Waals surface area (Å²) >= 11 is 0. The van der Waals surface area contributed by atoms with E-state index in [0.717, 1.165) is 24.3 Å². The van der Waals surface area contributed by atoms with Crippen molar-refractivity contribution >= 4 is 78.2 Å². The van der Waals surface area contributed by atoms with Crippen LogP contribution in [0.15, 0.2) is 44.3 Å². The van der Waals surface area contributed by atoms with Crippen molar-refractivity contribution in [2.75, 3.05) is 0 Å². The van der Waals surface area contributed by atoms with E-state index in [-0.39, 0.29) is 40.3 Å². The van der Waals surface area contributed by atoms with Gasteiger partial charge in [-0.05, 0) is 23.6 Å². The van der Waals surface area contributed by atoms with Gasteiger partial charge in [-0.15, -0.1) is 15.3 Å². The Morgan fingerprint density at radius 3 is 2.23 bits per heavy atom. The number of H-pyrrole nitrogens is 1. The van der Waals surface area contributed by atoms with Crippen molar-refractivity contribution in [2.45, 2.75) is 9.79 Å². The van der Waals surface area contributed by atoms with E-state index in [2.05, 4.69) is 25.4 Å². The summed E-state index contributed by atoms with van der Waals surface area (Å²) in [7, 11) is -9.56. The van der Waals surface area contributed by atoms with E-state index in [1.807, 2.05) is 0 Å². The molecule has 0 saturated heterocycles. The average Bonchev–Trinajstić information content (AvgIpc) is 3.07. The molecule has 0 bridgehead atoms. The number of phenolic OH excluding ortho intramolecular Hbond substituents is 1. The Morgan fingerprint density at radius 2 is 1.70 bits per heavy atom. The Hall–Kier alpha value is -2.47. The van der Waals surface area contributed by atoms with Gasteiger partial charge in [0.25, 0.3) is 32.0 Å². The van der Waals surface area contributed by atoms with Gasteiger partial charge in [-0.25, -0.2) is 9.89 Å². The number of carboxylic acids is 1. The van der Waals surface area contributed by atoms with E-state index in [1.54, 1.807) is 0 Å². The van der Waals surface area contributed by atoms with Gasteiger partial charge in [-0.1, -0.05) is 6.07 Å². The van der Waals surface area contributed by atoms with Gasteiger partial charge in [-0.3, -0.25) is 9.11 Å². The molecule has 0 radical (unpaired) electrons. The molecule has 14 nitrogen and oxygen atoms in total. The normalized spacial score (nSPS) is 12.2. The van der Waals surface area contributed by atoms with Crippen molar-refractivity contribution in [2.24, 2.45) is 10.2 Å². The fourth-order valence-corrected chi connectivity index (χ4v) is 3.39. The third-order valence-corrected chi connectivity index (χ3v) is 5.23. The van der Waals surface area contributed by atoms with Crippen molar-refractivity contribution in [1.82, 2.24) is 15.2 Å². The number of aromatic nitrogens is 3. The number of aromatic carboxylic acids is 1. The van der Waals surface area contributed by atoms with Crippen molar-refractivity contribution in [1.29, 1.82) is 0 Å². The molecule has 0 spiro atoms. The van der Waals surface area contributed by atoms with Gasteiger partial charge in [0.1, 0.15) is 10.6 Å². The molecule has 2 aromatic carbocycles. The minimum absolute atomic E-state index is 0. The second-order valence-corrected chi connectivity index (χ2v) is 8.20. The van der Waals surface area contributed by atoms with Gasteiger partial charge >= 0.3 is 35.5 Å². The van der Waals surface area contributed by atoms with E-state index < -0.39 is 59.2 Å². The molecule has 3 rings (SSSR count). The number of carbonyl (C=O) groups is 1. The predicted octanol–water partition coefficient (Wildman–Crippen LogP) is 0.622. The van der Waals surface area contributed by atoms with E-state index in [0.29, 0.717) is 0 Å². The Labute approximate surface area is 189 Å². The average molecular weight is 467 g/mol. The van der Waals surface area contributed by atoms with Crippen LogP contribution in [0.25, 0.3) is 10.8 Å². The number of fused-ring (bicyclic) bond motifs is 1. The molecule has 3 aromatic rings. The fraction of sp³-hybridized carbons (Fsp3) is 0. The number of rotatable bonds is 5. The maximum absolute atomic E-state index is 11.5. The third-order valence-electron chi connectivity index (χ3n) is 3.51. The summed E-state index contributed by atoms with van der Waals surface area (Å²) in [4.78, 5) is 12.7. The summed E-state index contributed by atoms with van der Waals surface area (Å²) in [5, 5.41) is 31.4. The van der Waals surface area contributed by atoms with Crippen LogP contribution in [-0.2, 0) is 20.2 Å². The van der Waals surface area contributed by atoms with Crippen LogP contribution in [0.5, 0.6) is 5.75 Å². The molecule has 30 heavy (non-hydrogen) atoms. The Morgan fingerprint density at radius 1 is 1.03 bits per heavy atom. The summed E-state index contributed by atoms with van der Waals surface area (Å²) in [6, 6.07) is 3.79. The van der Waals surface area contributed by atoms with Crippen LogP contribution in [-0.4, -0.2) is 86.9 Å². The summed E-state index contributed by atoms with van der Waals surface area (Å²) in [6.07, 6.45) is 0. The summed E-state index contributed by atoms with van der Waals surface area (Å²) in [5.74, 6) is -3.62. The van der Waals surface area contributed by atoms with Crippen molar-refractivity contribution < 1.29 is 40.9 Å². The molecule has 0 aliphatic rings.